The molecule has 1 aromatic carbocycles. The standard InChI is InChI=1S/C17H25Cl2N3O3S/c1-3-13(4-2)20-16(23)12-21-8-10-22(11-9-21)26(24,25)15-7-5-6-14(18)17(15)19/h5-7,13H,3-4,8-12H2,1-2H3,(H,20,23)/p+1. The van der Waals surface area contributed by atoms with Crippen LogP contribution in [0.3, 0.4) is 0 Å². The Kier molecular flexibility index (Phi) is 7.73. The van der Waals surface area contributed by atoms with Gasteiger partial charge in [0.2, 0.25) is 10.0 Å². The lowest BCUT2D eigenvalue weighted by atomic mass is 10.2. The summed E-state index contributed by atoms with van der Waals surface area (Å²) in [5, 5.41) is 3.29. The van der Waals surface area contributed by atoms with Crippen LogP contribution < -0.4 is 10.2 Å². The molecule has 0 aromatic heterocycles. The topological polar surface area (TPSA) is 70.9 Å². The van der Waals surface area contributed by atoms with Gasteiger partial charge in [-0.2, -0.15) is 4.31 Å². The summed E-state index contributed by atoms with van der Waals surface area (Å²) in [6.07, 6.45) is 1.81. The molecule has 0 bridgehead atoms. The molecule has 1 aliphatic rings. The fourth-order valence-electron chi connectivity index (χ4n) is 3.04. The van der Waals surface area contributed by atoms with Crippen LogP contribution in [0.2, 0.25) is 10.0 Å². The Hall–Kier alpha value is -0.860. The van der Waals surface area contributed by atoms with Crippen LogP contribution >= 0.6 is 23.2 Å². The van der Waals surface area contributed by atoms with Gasteiger partial charge < -0.3 is 10.2 Å². The zero-order valence-corrected chi connectivity index (χ0v) is 17.4. The second-order valence-electron chi connectivity index (χ2n) is 6.46. The number of carbonyl (C=O) groups is 1. The Morgan fingerprint density at radius 3 is 2.42 bits per heavy atom. The molecule has 1 saturated heterocycles. The normalized spacial score (nSPS) is 16.8. The molecule has 0 radical (unpaired) electrons. The van der Waals surface area contributed by atoms with E-state index in [0.717, 1.165) is 17.7 Å². The first-order chi connectivity index (χ1) is 12.3. The number of rotatable bonds is 7. The average molecular weight is 423 g/mol. The number of carbonyl (C=O) groups excluding carboxylic acids is 1. The molecular weight excluding hydrogens is 397 g/mol. The summed E-state index contributed by atoms with van der Waals surface area (Å²) >= 11 is 12.0. The summed E-state index contributed by atoms with van der Waals surface area (Å²) in [6, 6.07) is 4.80. The third-order valence-corrected chi connectivity index (χ3v) is 7.60. The number of piperazine rings is 1. The number of halogens is 2. The van der Waals surface area contributed by atoms with Crippen molar-refractivity contribution in [2.75, 3.05) is 32.7 Å². The van der Waals surface area contributed by atoms with Crippen LogP contribution in [0.15, 0.2) is 23.1 Å². The van der Waals surface area contributed by atoms with E-state index in [9.17, 15) is 13.2 Å². The van der Waals surface area contributed by atoms with Crippen molar-refractivity contribution in [3.63, 3.8) is 0 Å². The minimum atomic E-state index is -3.69. The Labute approximate surface area is 165 Å². The van der Waals surface area contributed by atoms with Gasteiger partial charge in [-0.05, 0) is 25.0 Å². The first-order valence-corrected chi connectivity index (χ1v) is 11.1. The molecular formula is C17H26Cl2N3O3S+. The van der Waals surface area contributed by atoms with E-state index in [2.05, 4.69) is 5.32 Å². The smallest absolute Gasteiger partial charge is 0.275 e. The highest BCUT2D eigenvalue weighted by molar-refractivity contribution is 7.89. The number of benzene rings is 1. The van der Waals surface area contributed by atoms with Gasteiger partial charge in [-0.15, -0.1) is 0 Å². The van der Waals surface area contributed by atoms with Gasteiger partial charge in [0.1, 0.15) is 4.90 Å². The molecule has 146 valence electrons. The summed E-state index contributed by atoms with van der Waals surface area (Å²) in [5.41, 5.74) is 0. The lowest BCUT2D eigenvalue weighted by Crippen LogP contribution is -3.15. The Bertz CT molecular complexity index is 731. The molecule has 9 heteroatoms. The van der Waals surface area contributed by atoms with Crippen LogP contribution in [0.1, 0.15) is 26.7 Å². The van der Waals surface area contributed by atoms with Crippen LogP contribution in [-0.4, -0.2) is 57.4 Å². The van der Waals surface area contributed by atoms with Crippen molar-refractivity contribution in [2.45, 2.75) is 37.6 Å². The van der Waals surface area contributed by atoms with E-state index in [1.165, 1.54) is 10.4 Å². The van der Waals surface area contributed by atoms with Gasteiger partial charge in [-0.25, -0.2) is 8.42 Å². The van der Waals surface area contributed by atoms with Crippen LogP contribution in [0.5, 0.6) is 0 Å². The first-order valence-electron chi connectivity index (χ1n) is 8.86. The Morgan fingerprint density at radius 1 is 1.23 bits per heavy atom. The summed E-state index contributed by atoms with van der Waals surface area (Å²) in [4.78, 5) is 13.2. The maximum absolute atomic E-state index is 12.8. The molecule has 0 unspecified atom stereocenters. The minimum Gasteiger partial charge on any atom is -0.349 e. The predicted octanol–water partition coefficient (Wildman–Crippen LogP) is 1.19. The van der Waals surface area contributed by atoms with E-state index in [1.807, 2.05) is 13.8 Å². The number of amides is 1. The third kappa shape index (κ3) is 5.10. The summed E-state index contributed by atoms with van der Waals surface area (Å²) in [6.45, 7) is 6.30. The molecule has 1 aliphatic heterocycles. The van der Waals surface area contributed by atoms with Gasteiger partial charge >= 0.3 is 0 Å². The van der Waals surface area contributed by atoms with Crippen molar-refractivity contribution in [1.29, 1.82) is 0 Å². The monoisotopic (exact) mass is 422 g/mol. The first kappa shape index (κ1) is 21.4. The van der Waals surface area contributed by atoms with Gasteiger partial charge in [-0.3, -0.25) is 4.79 Å². The highest BCUT2D eigenvalue weighted by Crippen LogP contribution is 2.30. The molecule has 1 amide bonds. The summed E-state index contributed by atoms with van der Waals surface area (Å²) < 4.78 is 27.0. The Morgan fingerprint density at radius 2 is 1.85 bits per heavy atom. The maximum atomic E-state index is 12.8. The van der Waals surface area contributed by atoms with E-state index in [4.69, 9.17) is 23.2 Å². The Balaban J connectivity index is 1.95. The fraction of sp³-hybridized carbons (Fsp3) is 0.588. The van der Waals surface area contributed by atoms with Crippen LogP contribution in [-0.2, 0) is 14.8 Å². The van der Waals surface area contributed by atoms with Gasteiger partial charge in [0.25, 0.3) is 5.91 Å². The molecule has 1 fully saturated rings. The molecule has 26 heavy (non-hydrogen) atoms. The zero-order valence-electron chi connectivity index (χ0n) is 15.1. The SMILES string of the molecule is CCC(CC)NC(=O)C[NH+]1CCN(S(=O)(=O)c2cccc(Cl)c2Cl)CC1. The van der Waals surface area contributed by atoms with Crippen LogP contribution in [0.25, 0.3) is 0 Å². The zero-order chi connectivity index (χ0) is 19.3. The van der Waals surface area contributed by atoms with Gasteiger partial charge in [-0.1, -0.05) is 43.1 Å². The number of quaternary nitrogens is 1. The van der Waals surface area contributed by atoms with Crippen molar-refractivity contribution in [2.24, 2.45) is 0 Å². The highest BCUT2D eigenvalue weighted by Gasteiger charge is 2.32. The molecule has 0 saturated carbocycles. The lowest BCUT2D eigenvalue weighted by Gasteiger charge is -2.31. The molecule has 6 nitrogen and oxygen atoms in total. The summed E-state index contributed by atoms with van der Waals surface area (Å²) in [7, 11) is -3.69. The molecule has 1 heterocycles. The third-order valence-electron chi connectivity index (χ3n) is 4.72. The van der Waals surface area contributed by atoms with E-state index < -0.39 is 10.0 Å². The number of hydrogen-bond donors (Lipinski definition) is 2. The molecule has 1 aromatic rings. The molecule has 0 spiro atoms. The van der Waals surface area contributed by atoms with Crippen LogP contribution in [0.4, 0.5) is 0 Å². The van der Waals surface area contributed by atoms with E-state index in [-0.39, 0.29) is 26.9 Å². The highest BCUT2D eigenvalue weighted by atomic mass is 35.5. The van der Waals surface area contributed by atoms with Crippen molar-refractivity contribution >= 4 is 39.1 Å². The van der Waals surface area contributed by atoms with E-state index in [1.54, 1.807) is 12.1 Å². The second kappa shape index (κ2) is 9.37. The van der Waals surface area contributed by atoms with E-state index in [0.29, 0.717) is 32.7 Å². The van der Waals surface area contributed by atoms with Gasteiger partial charge in [0, 0.05) is 6.04 Å². The van der Waals surface area contributed by atoms with Crippen molar-refractivity contribution in [3.05, 3.63) is 28.2 Å². The second-order valence-corrected chi connectivity index (χ2v) is 9.16. The fourth-order valence-corrected chi connectivity index (χ4v) is 5.22. The minimum absolute atomic E-state index is 0.0166. The number of sulfonamides is 1. The number of nitrogens with one attached hydrogen (secondary N) is 2. The average Bonchev–Trinajstić information content (AvgIpc) is 2.62. The maximum Gasteiger partial charge on any atom is 0.275 e. The van der Waals surface area contributed by atoms with E-state index >= 15 is 0 Å². The van der Waals surface area contributed by atoms with Crippen molar-refractivity contribution in [3.8, 4) is 0 Å². The van der Waals surface area contributed by atoms with Crippen molar-refractivity contribution < 1.29 is 18.1 Å². The van der Waals surface area contributed by atoms with Crippen LogP contribution in [0, 0.1) is 0 Å². The predicted molar refractivity (Wildman–Crippen MR) is 103 cm³/mol. The van der Waals surface area contributed by atoms with Crippen molar-refractivity contribution in [1.82, 2.24) is 9.62 Å². The van der Waals surface area contributed by atoms with Gasteiger partial charge in [0.05, 0.1) is 36.2 Å². The lowest BCUT2D eigenvalue weighted by molar-refractivity contribution is -0.895. The number of nitrogens with zero attached hydrogens (tertiary/aromatic N) is 1. The number of hydrogen-bond acceptors (Lipinski definition) is 3. The quantitative estimate of drug-likeness (QED) is 0.692. The van der Waals surface area contributed by atoms with Gasteiger partial charge in [0.15, 0.2) is 6.54 Å². The molecule has 2 rings (SSSR count). The molecule has 0 atom stereocenters. The summed E-state index contributed by atoms with van der Waals surface area (Å²) in [5.74, 6) is 0.0166. The molecule has 0 aliphatic carbocycles. The largest absolute Gasteiger partial charge is 0.349 e. The molecule has 2 N–H and O–H groups in total.